The summed E-state index contributed by atoms with van der Waals surface area (Å²) in [4.78, 5) is 87.7. The van der Waals surface area contributed by atoms with Gasteiger partial charge in [0.25, 0.3) is 0 Å². The first-order chi connectivity index (χ1) is 22.7. The lowest BCUT2D eigenvalue weighted by Crippen LogP contribution is -2.57. The SMILES string of the molecule is CC[C@H](C)[C@H](NC(C)=O)C(=O)N[C@H](Cc1ccc(O)cc1)C(=O)NCC(=O)N[C@H](CCC(=O)O)C(=O)N[C@@H](Cc1ccccc1)C(N)=O. The molecule has 0 saturated carbocycles. The summed E-state index contributed by atoms with van der Waals surface area (Å²) < 4.78 is 0. The Hall–Kier alpha value is -5.47. The Kier molecular flexibility index (Phi) is 15.5. The van der Waals surface area contributed by atoms with Crippen LogP contribution in [0.1, 0.15) is 51.2 Å². The number of hydrogen-bond acceptors (Lipinski definition) is 8. The number of carbonyl (C=O) groups excluding carboxylic acids is 6. The maximum Gasteiger partial charge on any atom is 0.303 e. The fourth-order valence-electron chi connectivity index (χ4n) is 4.68. The lowest BCUT2D eigenvalue weighted by Gasteiger charge is -2.26. The first-order valence-electron chi connectivity index (χ1n) is 15.5. The van der Waals surface area contributed by atoms with E-state index in [1.165, 1.54) is 19.1 Å². The van der Waals surface area contributed by atoms with Crippen molar-refractivity contribution in [2.45, 2.75) is 77.0 Å². The minimum absolute atomic E-state index is 0.00773. The number of nitrogens with two attached hydrogens (primary N) is 1. The van der Waals surface area contributed by atoms with Gasteiger partial charge >= 0.3 is 5.97 Å². The average Bonchev–Trinajstić information content (AvgIpc) is 3.04. The topological polar surface area (TPSA) is 246 Å². The molecule has 0 aliphatic heterocycles. The molecule has 2 aromatic carbocycles. The van der Waals surface area contributed by atoms with Crippen molar-refractivity contribution in [2.75, 3.05) is 6.54 Å². The maximum atomic E-state index is 13.3. The van der Waals surface area contributed by atoms with Crippen LogP contribution in [-0.4, -0.2) is 82.3 Å². The number of carboxylic acids is 1. The number of carbonyl (C=O) groups is 7. The van der Waals surface area contributed by atoms with Crippen molar-refractivity contribution < 1.29 is 43.8 Å². The quantitative estimate of drug-likeness (QED) is 0.0973. The van der Waals surface area contributed by atoms with Gasteiger partial charge in [-0.1, -0.05) is 62.7 Å². The Morgan fingerprint density at radius 3 is 1.90 bits per heavy atom. The first-order valence-corrected chi connectivity index (χ1v) is 15.5. The summed E-state index contributed by atoms with van der Waals surface area (Å²) in [6, 6.07) is 9.96. The molecular formula is C33H44N6O9. The molecule has 2 aromatic rings. The van der Waals surface area contributed by atoms with Crippen LogP contribution in [0.3, 0.4) is 0 Å². The molecule has 0 fully saturated rings. The van der Waals surface area contributed by atoms with Gasteiger partial charge in [-0.3, -0.25) is 33.6 Å². The number of aliphatic carboxylic acids is 1. The van der Waals surface area contributed by atoms with E-state index < -0.39 is 78.5 Å². The summed E-state index contributed by atoms with van der Waals surface area (Å²) in [5.41, 5.74) is 6.76. The van der Waals surface area contributed by atoms with Crippen molar-refractivity contribution >= 4 is 41.4 Å². The summed E-state index contributed by atoms with van der Waals surface area (Å²) in [7, 11) is 0. The highest BCUT2D eigenvalue weighted by Gasteiger charge is 2.30. The summed E-state index contributed by atoms with van der Waals surface area (Å²) in [6.07, 6.45) is -0.233. The van der Waals surface area contributed by atoms with Gasteiger partial charge in [0.05, 0.1) is 6.54 Å². The normalized spacial score (nSPS) is 13.8. The van der Waals surface area contributed by atoms with E-state index in [-0.39, 0.29) is 30.9 Å². The molecule has 0 saturated heterocycles. The molecule has 48 heavy (non-hydrogen) atoms. The van der Waals surface area contributed by atoms with Crippen LogP contribution in [0.2, 0.25) is 0 Å². The van der Waals surface area contributed by atoms with E-state index in [2.05, 4.69) is 26.6 Å². The van der Waals surface area contributed by atoms with Crippen molar-refractivity contribution in [3.05, 3.63) is 65.7 Å². The third-order valence-electron chi connectivity index (χ3n) is 7.53. The van der Waals surface area contributed by atoms with Gasteiger partial charge in [0.1, 0.15) is 29.9 Å². The van der Waals surface area contributed by atoms with Gasteiger partial charge in [-0.15, -0.1) is 0 Å². The molecule has 260 valence electrons. The fraction of sp³-hybridized carbons (Fsp3) is 0.424. The predicted octanol–water partition coefficient (Wildman–Crippen LogP) is -0.351. The largest absolute Gasteiger partial charge is 0.508 e. The number of benzene rings is 2. The monoisotopic (exact) mass is 668 g/mol. The Morgan fingerprint density at radius 2 is 1.33 bits per heavy atom. The Labute approximate surface area is 278 Å². The van der Waals surface area contributed by atoms with E-state index in [4.69, 9.17) is 5.73 Å². The van der Waals surface area contributed by atoms with Gasteiger partial charge in [-0.05, 0) is 35.6 Å². The summed E-state index contributed by atoms with van der Waals surface area (Å²) >= 11 is 0. The number of primary amides is 1. The second kappa shape index (κ2) is 19.3. The van der Waals surface area contributed by atoms with Crippen molar-refractivity contribution in [1.82, 2.24) is 26.6 Å². The number of carboxylic acid groups (broad SMARTS) is 1. The molecule has 0 aromatic heterocycles. The second-order valence-electron chi connectivity index (χ2n) is 11.4. The van der Waals surface area contributed by atoms with Gasteiger partial charge in [0.2, 0.25) is 35.4 Å². The molecule has 0 radical (unpaired) electrons. The average molecular weight is 669 g/mol. The summed E-state index contributed by atoms with van der Waals surface area (Å²) in [6.45, 7) is 4.22. The standard InChI is InChI=1S/C33H44N6O9/c1-4-19(2)29(36-20(3)40)33(48)39-26(17-22-10-12-23(41)13-11-22)31(46)35-18-27(42)37-24(14-15-28(43)44)32(47)38-25(30(34)45)16-21-8-6-5-7-9-21/h5-13,19,24-26,29,41H,4,14-18H2,1-3H3,(H2,34,45)(H,35,46)(H,36,40)(H,37,42)(H,38,47)(H,39,48)(H,43,44)/t19-,24+,25-,26+,29-/m0/s1. The van der Waals surface area contributed by atoms with E-state index in [0.29, 0.717) is 17.5 Å². The molecule has 9 N–H and O–H groups in total. The third kappa shape index (κ3) is 13.5. The highest BCUT2D eigenvalue weighted by Crippen LogP contribution is 2.13. The smallest absolute Gasteiger partial charge is 0.303 e. The van der Waals surface area contributed by atoms with E-state index in [9.17, 15) is 43.8 Å². The highest BCUT2D eigenvalue weighted by atomic mass is 16.4. The zero-order valence-corrected chi connectivity index (χ0v) is 27.2. The Bertz CT molecular complexity index is 1430. The highest BCUT2D eigenvalue weighted by molar-refractivity contribution is 5.95. The molecule has 2 rings (SSSR count). The van der Waals surface area contributed by atoms with E-state index in [1.54, 1.807) is 49.4 Å². The van der Waals surface area contributed by atoms with Crippen molar-refractivity contribution in [3.63, 3.8) is 0 Å². The van der Waals surface area contributed by atoms with Gasteiger partial charge in [-0.25, -0.2) is 0 Å². The van der Waals surface area contributed by atoms with Crippen LogP contribution >= 0.6 is 0 Å². The van der Waals surface area contributed by atoms with E-state index >= 15 is 0 Å². The van der Waals surface area contributed by atoms with Crippen LogP contribution < -0.4 is 32.3 Å². The molecule has 0 spiro atoms. The number of phenolic OH excluding ortho intramolecular Hbond substituents is 1. The van der Waals surface area contributed by atoms with Crippen LogP contribution in [0.5, 0.6) is 5.75 Å². The molecule has 0 heterocycles. The van der Waals surface area contributed by atoms with Crippen molar-refractivity contribution in [3.8, 4) is 5.75 Å². The van der Waals surface area contributed by atoms with Crippen molar-refractivity contribution in [2.24, 2.45) is 11.7 Å². The van der Waals surface area contributed by atoms with Gasteiger partial charge in [0, 0.05) is 26.2 Å². The van der Waals surface area contributed by atoms with Crippen LogP contribution in [0.25, 0.3) is 0 Å². The molecule has 15 heteroatoms. The summed E-state index contributed by atoms with van der Waals surface area (Å²) in [5, 5.41) is 31.3. The molecule has 5 atom stereocenters. The van der Waals surface area contributed by atoms with Gasteiger partial charge < -0.3 is 42.5 Å². The third-order valence-corrected chi connectivity index (χ3v) is 7.53. The second-order valence-corrected chi connectivity index (χ2v) is 11.4. The van der Waals surface area contributed by atoms with Gasteiger partial charge in [0.15, 0.2) is 0 Å². The number of amides is 6. The van der Waals surface area contributed by atoms with E-state index in [1.807, 2.05) is 6.92 Å². The Balaban J connectivity index is 2.16. The molecule has 0 aliphatic carbocycles. The number of rotatable bonds is 19. The number of nitrogens with one attached hydrogen (secondary N) is 5. The van der Waals surface area contributed by atoms with Crippen LogP contribution in [0, 0.1) is 5.92 Å². The van der Waals surface area contributed by atoms with Gasteiger partial charge in [-0.2, -0.15) is 0 Å². The Morgan fingerprint density at radius 1 is 0.750 bits per heavy atom. The molecule has 0 aliphatic rings. The van der Waals surface area contributed by atoms with E-state index in [0.717, 1.165) is 0 Å². The number of aromatic hydroxyl groups is 1. The minimum Gasteiger partial charge on any atom is -0.508 e. The lowest BCUT2D eigenvalue weighted by molar-refractivity contribution is -0.138. The number of phenols is 1. The minimum atomic E-state index is -1.38. The van der Waals surface area contributed by atoms with Crippen molar-refractivity contribution in [1.29, 1.82) is 0 Å². The zero-order valence-electron chi connectivity index (χ0n) is 27.2. The molecule has 6 amide bonds. The summed E-state index contributed by atoms with van der Waals surface area (Å²) in [5.74, 6) is -5.85. The molecule has 15 nitrogen and oxygen atoms in total. The molecule has 0 unspecified atom stereocenters. The molecular weight excluding hydrogens is 624 g/mol. The van der Waals surface area contributed by atoms with Crippen LogP contribution in [0.15, 0.2) is 54.6 Å². The molecule has 0 bridgehead atoms. The van der Waals surface area contributed by atoms with Crippen LogP contribution in [0.4, 0.5) is 0 Å². The first kappa shape index (κ1) is 38.7. The van der Waals surface area contributed by atoms with Crippen LogP contribution in [-0.2, 0) is 46.4 Å². The lowest BCUT2D eigenvalue weighted by atomic mass is 9.97. The fourth-order valence-corrected chi connectivity index (χ4v) is 4.68. The number of hydrogen-bond donors (Lipinski definition) is 8. The predicted molar refractivity (Wildman–Crippen MR) is 174 cm³/mol. The zero-order chi connectivity index (χ0) is 35.8. The maximum absolute atomic E-state index is 13.3.